The summed E-state index contributed by atoms with van der Waals surface area (Å²) in [5.74, 6) is -0.768. The Morgan fingerprint density at radius 1 is 0.952 bits per heavy atom. The number of halogens is 5. The van der Waals surface area contributed by atoms with Gasteiger partial charge in [0.2, 0.25) is 0 Å². The molecule has 0 fully saturated rings. The van der Waals surface area contributed by atoms with Crippen LogP contribution < -0.4 is 10.5 Å². The van der Waals surface area contributed by atoms with Crippen LogP contribution in [0.2, 0.25) is 0 Å². The molecule has 0 spiro atoms. The van der Waals surface area contributed by atoms with Gasteiger partial charge in [0.15, 0.2) is 0 Å². The molecule has 0 saturated carbocycles. The molecule has 0 heterocycles. The standard InChI is InChI=1S/C14H11F4NO.ClH/c15-12-3-1-10(2-4-12)11-5-9(8-19)6-13(7-11)20-14(16,17)18;/h1-7H,8,19H2;1H. The zero-order chi connectivity index (χ0) is 14.8. The van der Waals surface area contributed by atoms with Crippen LogP contribution in [0.3, 0.4) is 0 Å². The largest absolute Gasteiger partial charge is 0.573 e. The summed E-state index contributed by atoms with van der Waals surface area (Å²) in [4.78, 5) is 0. The van der Waals surface area contributed by atoms with E-state index < -0.39 is 12.2 Å². The van der Waals surface area contributed by atoms with Gasteiger partial charge in [0.25, 0.3) is 0 Å². The zero-order valence-electron chi connectivity index (χ0n) is 10.7. The van der Waals surface area contributed by atoms with E-state index in [1.165, 1.54) is 36.4 Å². The van der Waals surface area contributed by atoms with E-state index in [1.807, 2.05) is 0 Å². The van der Waals surface area contributed by atoms with Crippen molar-refractivity contribution in [2.24, 2.45) is 5.73 Å². The number of ether oxygens (including phenoxy) is 1. The molecule has 2 aromatic carbocycles. The van der Waals surface area contributed by atoms with E-state index in [9.17, 15) is 17.6 Å². The van der Waals surface area contributed by atoms with Gasteiger partial charge in [-0.2, -0.15) is 0 Å². The van der Waals surface area contributed by atoms with E-state index in [-0.39, 0.29) is 24.7 Å². The summed E-state index contributed by atoms with van der Waals surface area (Å²) < 4.78 is 53.5. The lowest BCUT2D eigenvalue weighted by atomic mass is 10.0. The van der Waals surface area contributed by atoms with Gasteiger partial charge < -0.3 is 10.5 Å². The number of alkyl halides is 3. The number of hydrogen-bond acceptors (Lipinski definition) is 2. The minimum Gasteiger partial charge on any atom is -0.406 e. The Morgan fingerprint density at radius 3 is 2.10 bits per heavy atom. The average Bonchev–Trinajstić information content (AvgIpc) is 2.37. The van der Waals surface area contributed by atoms with Gasteiger partial charge in [0, 0.05) is 6.54 Å². The Morgan fingerprint density at radius 2 is 1.57 bits per heavy atom. The Bertz CT molecular complexity index is 599. The Kier molecular flexibility index (Phi) is 5.57. The van der Waals surface area contributed by atoms with Crippen molar-refractivity contribution in [1.82, 2.24) is 0 Å². The molecule has 0 aliphatic carbocycles. The van der Waals surface area contributed by atoms with Gasteiger partial charge in [0.1, 0.15) is 11.6 Å². The topological polar surface area (TPSA) is 35.2 Å². The average molecular weight is 322 g/mol. The van der Waals surface area contributed by atoms with Gasteiger partial charge in [0.05, 0.1) is 0 Å². The van der Waals surface area contributed by atoms with E-state index in [2.05, 4.69) is 4.74 Å². The van der Waals surface area contributed by atoms with Crippen molar-refractivity contribution in [1.29, 1.82) is 0 Å². The second-order valence-corrected chi connectivity index (χ2v) is 4.12. The smallest absolute Gasteiger partial charge is 0.406 e. The third-order valence-electron chi connectivity index (χ3n) is 2.61. The monoisotopic (exact) mass is 321 g/mol. The summed E-state index contributed by atoms with van der Waals surface area (Å²) in [5.41, 5.74) is 7.00. The molecule has 2 nitrogen and oxygen atoms in total. The van der Waals surface area contributed by atoms with Gasteiger partial charge in [-0.3, -0.25) is 0 Å². The lowest BCUT2D eigenvalue weighted by Crippen LogP contribution is -2.17. The highest BCUT2D eigenvalue weighted by Gasteiger charge is 2.31. The number of nitrogens with two attached hydrogens (primary N) is 1. The Hall–Kier alpha value is -1.79. The fourth-order valence-corrected chi connectivity index (χ4v) is 1.78. The molecule has 0 aliphatic rings. The van der Waals surface area contributed by atoms with Gasteiger partial charge >= 0.3 is 6.36 Å². The molecule has 2 N–H and O–H groups in total. The van der Waals surface area contributed by atoms with Crippen LogP contribution in [0.15, 0.2) is 42.5 Å². The molecular weight excluding hydrogens is 310 g/mol. The van der Waals surface area contributed by atoms with E-state index in [4.69, 9.17) is 5.73 Å². The van der Waals surface area contributed by atoms with Gasteiger partial charge in [-0.15, -0.1) is 25.6 Å². The van der Waals surface area contributed by atoms with E-state index in [0.29, 0.717) is 16.7 Å². The molecule has 114 valence electrons. The minimum atomic E-state index is -4.77. The third-order valence-corrected chi connectivity index (χ3v) is 2.61. The molecule has 7 heteroatoms. The molecule has 2 aromatic rings. The first-order valence-corrected chi connectivity index (χ1v) is 5.73. The molecule has 0 radical (unpaired) electrons. The highest BCUT2D eigenvalue weighted by Crippen LogP contribution is 2.29. The van der Waals surface area contributed by atoms with Gasteiger partial charge in [-0.25, -0.2) is 4.39 Å². The lowest BCUT2D eigenvalue weighted by Gasteiger charge is -2.12. The predicted molar refractivity (Wildman–Crippen MR) is 73.7 cm³/mol. The quantitative estimate of drug-likeness (QED) is 0.857. The molecular formula is C14H12ClF4NO. The third kappa shape index (κ3) is 4.91. The molecule has 21 heavy (non-hydrogen) atoms. The van der Waals surface area contributed by atoms with Crippen LogP contribution >= 0.6 is 12.4 Å². The summed E-state index contributed by atoms with van der Waals surface area (Å²) in [6.45, 7) is 0.0727. The van der Waals surface area contributed by atoms with Crippen LogP contribution in [0.4, 0.5) is 17.6 Å². The summed E-state index contributed by atoms with van der Waals surface area (Å²) in [7, 11) is 0. The van der Waals surface area contributed by atoms with Crippen molar-refractivity contribution in [2.45, 2.75) is 12.9 Å². The molecule has 0 bridgehead atoms. The van der Waals surface area contributed by atoms with Crippen molar-refractivity contribution in [3.05, 3.63) is 53.8 Å². The van der Waals surface area contributed by atoms with Crippen LogP contribution in [0, 0.1) is 5.82 Å². The van der Waals surface area contributed by atoms with Gasteiger partial charge in [-0.1, -0.05) is 12.1 Å². The number of hydrogen-bond donors (Lipinski definition) is 1. The van der Waals surface area contributed by atoms with Crippen LogP contribution in [-0.2, 0) is 6.54 Å². The van der Waals surface area contributed by atoms with E-state index >= 15 is 0 Å². The van der Waals surface area contributed by atoms with Crippen molar-refractivity contribution in [3.63, 3.8) is 0 Å². The Balaban J connectivity index is 0.00000220. The molecule has 0 saturated heterocycles. The molecule has 0 unspecified atom stereocenters. The van der Waals surface area contributed by atoms with Crippen LogP contribution in [-0.4, -0.2) is 6.36 Å². The van der Waals surface area contributed by atoms with E-state index in [1.54, 1.807) is 6.07 Å². The van der Waals surface area contributed by atoms with Crippen LogP contribution in [0.25, 0.3) is 11.1 Å². The lowest BCUT2D eigenvalue weighted by molar-refractivity contribution is -0.274. The summed E-state index contributed by atoms with van der Waals surface area (Å²) in [6.07, 6.45) is -4.77. The van der Waals surface area contributed by atoms with E-state index in [0.717, 1.165) is 0 Å². The minimum absolute atomic E-state index is 0. The summed E-state index contributed by atoms with van der Waals surface area (Å²) in [6, 6.07) is 9.50. The first-order chi connectivity index (χ1) is 9.37. The number of benzene rings is 2. The molecule has 0 aromatic heterocycles. The highest BCUT2D eigenvalue weighted by molar-refractivity contribution is 5.85. The molecule has 2 rings (SSSR count). The summed E-state index contributed by atoms with van der Waals surface area (Å²) >= 11 is 0. The number of rotatable bonds is 3. The molecule has 0 amide bonds. The van der Waals surface area contributed by atoms with Crippen LogP contribution in [0.1, 0.15) is 5.56 Å². The molecule has 0 aliphatic heterocycles. The second-order valence-electron chi connectivity index (χ2n) is 4.12. The SMILES string of the molecule is Cl.NCc1cc(OC(F)(F)F)cc(-c2ccc(F)cc2)c1. The van der Waals surface area contributed by atoms with Crippen molar-refractivity contribution < 1.29 is 22.3 Å². The maximum absolute atomic E-state index is 12.9. The first-order valence-electron chi connectivity index (χ1n) is 5.73. The maximum atomic E-state index is 12.9. The fraction of sp³-hybridized carbons (Fsp3) is 0.143. The predicted octanol–water partition coefficient (Wildman–Crippen LogP) is 4.27. The van der Waals surface area contributed by atoms with Crippen molar-refractivity contribution in [3.8, 4) is 16.9 Å². The van der Waals surface area contributed by atoms with Crippen LogP contribution in [0.5, 0.6) is 5.75 Å². The zero-order valence-corrected chi connectivity index (χ0v) is 11.5. The maximum Gasteiger partial charge on any atom is 0.573 e. The van der Waals surface area contributed by atoms with Crippen molar-refractivity contribution in [2.75, 3.05) is 0 Å². The molecule has 0 atom stereocenters. The normalized spacial score (nSPS) is 10.9. The second kappa shape index (κ2) is 6.78. The summed E-state index contributed by atoms with van der Waals surface area (Å²) in [5, 5.41) is 0. The highest BCUT2D eigenvalue weighted by atomic mass is 35.5. The van der Waals surface area contributed by atoms with Gasteiger partial charge in [-0.05, 0) is 47.0 Å². The van der Waals surface area contributed by atoms with Crippen molar-refractivity contribution >= 4 is 12.4 Å². The fourth-order valence-electron chi connectivity index (χ4n) is 1.78. The Labute approximate surface area is 124 Å². The first kappa shape index (κ1) is 17.3.